The van der Waals surface area contributed by atoms with E-state index >= 15 is 0 Å². The molecule has 0 aliphatic carbocycles. The minimum absolute atomic E-state index is 0.0100. The number of halogens is 1. The van der Waals surface area contributed by atoms with Gasteiger partial charge < -0.3 is 44.7 Å². The second-order valence-corrected chi connectivity index (χ2v) is 14.6. The maximum absolute atomic E-state index is 14.3. The third-order valence-corrected chi connectivity index (χ3v) is 9.95. The molecule has 1 saturated heterocycles. The highest BCUT2D eigenvalue weighted by Gasteiger charge is 2.54. The van der Waals surface area contributed by atoms with Crippen molar-refractivity contribution in [3.05, 3.63) is 71.1 Å². The van der Waals surface area contributed by atoms with Gasteiger partial charge in [0, 0.05) is 32.4 Å². The number of carboxylic acid groups (broad SMARTS) is 1. The lowest BCUT2D eigenvalue weighted by molar-refractivity contribution is -0.157. The highest BCUT2D eigenvalue weighted by Crippen LogP contribution is 2.39. The van der Waals surface area contributed by atoms with Crippen LogP contribution in [0.2, 0.25) is 0 Å². The third-order valence-electron chi connectivity index (χ3n) is 9.95. The Morgan fingerprint density at radius 1 is 1.25 bits per heavy atom. The summed E-state index contributed by atoms with van der Waals surface area (Å²) in [6, 6.07) is 4.49. The molecule has 0 amide bonds. The van der Waals surface area contributed by atoms with Gasteiger partial charge >= 0.3 is 11.9 Å². The Hall–Kier alpha value is -3.46. The Bertz CT molecular complexity index is 1440. The third kappa shape index (κ3) is 14.0. The SMILES string of the molecule is CC[C@H](OC)[C@@H](C)[C@H]1O[C@@H]1C(NCc1ccc(C)c(F)c1)C(C)(O)/C=C/C=C(\C)[C@H]1OC(=O)C[C@H](O)CC[C@@](C)(O)[C@@H](OC(C)=O)/C=C/[C@@H]1C.O=CO. The summed E-state index contributed by atoms with van der Waals surface area (Å²) in [6.45, 7) is 14.0. The Kier molecular flexibility index (Phi) is 18.0. The number of carbonyl (C=O) groups excluding carboxylic acids is 2. The molecule has 1 fully saturated rings. The number of aliphatic hydroxyl groups is 3. The van der Waals surface area contributed by atoms with Gasteiger partial charge in [-0.3, -0.25) is 14.4 Å². The van der Waals surface area contributed by atoms with Crippen molar-refractivity contribution in [1.82, 2.24) is 5.32 Å². The van der Waals surface area contributed by atoms with E-state index in [1.54, 1.807) is 64.3 Å². The highest BCUT2D eigenvalue weighted by atomic mass is 19.1. The average Bonchev–Trinajstić information content (AvgIpc) is 3.86. The van der Waals surface area contributed by atoms with E-state index < -0.39 is 53.4 Å². The fourth-order valence-corrected chi connectivity index (χ4v) is 6.64. The maximum atomic E-state index is 14.3. The molecule has 12 nitrogen and oxygen atoms in total. The lowest BCUT2D eigenvalue weighted by atomic mass is 9.87. The molecule has 2 aliphatic heterocycles. The van der Waals surface area contributed by atoms with Crippen molar-refractivity contribution < 1.29 is 58.1 Å². The molecule has 5 N–H and O–H groups in total. The van der Waals surface area contributed by atoms with Crippen LogP contribution in [-0.4, -0.2) is 99.8 Å². The number of benzene rings is 1. The second-order valence-electron chi connectivity index (χ2n) is 14.6. The molecule has 3 rings (SSSR count). The molecular weight excluding hydrogens is 689 g/mol. The summed E-state index contributed by atoms with van der Waals surface area (Å²) in [5.74, 6) is -1.78. The van der Waals surface area contributed by atoms with E-state index in [4.69, 9.17) is 28.8 Å². The Morgan fingerprint density at radius 3 is 2.49 bits per heavy atom. The average molecular weight is 750 g/mol. The summed E-state index contributed by atoms with van der Waals surface area (Å²) in [7, 11) is 1.68. The van der Waals surface area contributed by atoms with E-state index in [0.717, 1.165) is 12.0 Å². The first-order valence-corrected chi connectivity index (χ1v) is 18.1. The molecule has 1 aromatic carbocycles. The predicted octanol–water partition coefficient (Wildman–Crippen LogP) is 4.71. The summed E-state index contributed by atoms with van der Waals surface area (Å²) >= 11 is 0. The minimum Gasteiger partial charge on any atom is -0.483 e. The molecule has 0 spiro atoms. The number of rotatable bonds is 13. The van der Waals surface area contributed by atoms with Gasteiger partial charge in [-0.15, -0.1) is 0 Å². The summed E-state index contributed by atoms with van der Waals surface area (Å²) in [5, 5.41) is 43.8. The first-order valence-electron chi connectivity index (χ1n) is 18.1. The monoisotopic (exact) mass is 749 g/mol. The first kappa shape index (κ1) is 45.7. The summed E-state index contributed by atoms with van der Waals surface area (Å²) in [6.07, 6.45) is 5.88. The molecule has 11 atom stereocenters. The smallest absolute Gasteiger partial charge is 0.309 e. The van der Waals surface area contributed by atoms with Gasteiger partial charge in [0.2, 0.25) is 0 Å². The van der Waals surface area contributed by atoms with Gasteiger partial charge in [0.1, 0.15) is 29.7 Å². The number of hydrogen-bond acceptors (Lipinski definition) is 11. The first-order chi connectivity index (χ1) is 24.8. The number of aliphatic hydroxyl groups excluding tert-OH is 1. The zero-order valence-electron chi connectivity index (χ0n) is 32.5. The van der Waals surface area contributed by atoms with E-state index in [2.05, 4.69) is 19.2 Å². The topological polar surface area (TPSA) is 184 Å². The number of allylic oxidation sites excluding steroid dienone is 2. The molecule has 1 aromatic rings. The molecular formula is C40H60FNO11. The molecule has 2 unspecified atom stereocenters. The fourth-order valence-electron chi connectivity index (χ4n) is 6.64. The van der Waals surface area contributed by atoms with Gasteiger partial charge in [0.15, 0.2) is 0 Å². The van der Waals surface area contributed by atoms with Crippen molar-refractivity contribution in [2.45, 2.75) is 141 Å². The van der Waals surface area contributed by atoms with Crippen LogP contribution in [0.1, 0.15) is 85.3 Å². The van der Waals surface area contributed by atoms with E-state index in [1.165, 1.54) is 19.9 Å². The molecule has 0 bridgehead atoms. The summed E-state index contributed by atoms with van der Waals surface area (Å²) in [4.78, 5) is 33.1. The van der Waals surface area contributed by atoms with E-state index in [-0.39, 0.29) is 55.8 Å². The van der Waals surface area contributed by atoms with E-state index in [1.807, 2.05) is 13.0 Å². The Balaban J connectivity index is 0.00000313. The lowest BCUT2D eigenvalue weighted by Gasteiger charge is -2.32. The molecule has 0 aromatic heterocycles. The van der Waals surface area contributed by atoms with Crippen molar-refractivity contribution in [2.75, 3.05) is 7.11 Å². The molecule has 0 saturated carbocycles. The zero-order valence-corrected chi connectivity index (χ0v) is 32.5. The van der Waals surface area contributed by atoms with Gasteiger partial charge in [-0.25, -0.2) is 4.39 Å². The standard InChI is InChI=1S/C39H58FNO9.CH2O2/c1-10-31(47-9)26(5)35-36(50-35)37(41-22-28-15-13-23(2)30(40)20-28)39(8,46)18-11-12-24(3)34-25(4)14-16-32(48-27(6)42)38(7,45)19-17-29(43)21-33(44)49-34;2-1-3/h11-16,18,20,25-26,29,31-32,34-37,41,43,45-46H,10,17,19,21-22H2,1-9H3;1H,(H,2,3)/b16-14+,18-11+,24-12+;/t25-,26+,29+,31-,32-,34+,35+,36-,37?,38+,39?;/m0./s1. The van der Waals surface area contributed by atoms with Gasteiger partial charge in [-0.1, -0.05) is 57.2 Å². The fraction of sp³-hybridized carbons (Fsp3) is 0.625. The lowest BCUT2D eigenvalue weighted by Crippen LogP contribution is -2.52. The Labute approximate surface area is 313 Å². The van der Waals surface area contributed by atoms with Crippen LogP contribution in [0.4, 0.5) is 4.39 Å². The van der Waals surface area contributed by atoms with Crippen molar-refractivity contribution >= 4 is 18.4 Å². The number of aryl methyl sites for hydroxylation is 1. The van der Waals surface area contributed by atoms with Crippen LogP contribution in [-0.2, 0) is 39.9 Å². The van der Waals surface area contributed by atoms with Crippen molar-refractivity contribution in [3.63, 3.8) is 0 Å². The van der Waals surface area contributed by atoms with Gasteiger partial charge in [-0.2, -0.15) is 0 Å². The number of methoxy groups -OCH3 is 1. The number of ether oxygens (including phenoxy) is 4. The van der Waals surface area contributed by atoms with Crippen molar-refractivity contribution in [2.24, 2.45) is 11.8 Å². The number of hydrogen-bond donors (Lipinski definition) is 5. The van der Waals surface area contributed by atoms with Crippen LogP contribution in [0.5, 0.6) is 0 Å². The van der Waals surface area contributed by atoms with Gasteiger partial charge in [0.25, 0.3) is 6.47 Å². The normalized spacial score (nSPS) is 30.2. The van der Waals surface area contributed by atoms with Crippen LogP contribution in [0.25, 0.3) is 0 Å². The van der Waals surface area contributed by atoms with Crippen LogP contribution >= 0.6 is 0 Å². The molecule has 53 heavy (non-hydrogen) atoms. The molecule has 2 aliphatic rings. The molecule has 2 heterocycles. The van der Waals surface area contributed by atoms with Crippen LogP contribution in [0.15, 0.2) is 54.2 Å². The van der Waals surface area contributed by atoms with Gasteiger partial charge in [-0.05, 0) is 75.8 Å². The second kappa shape index (κ2) is 20.8. The number of nitrogens with one attached hydrogen (secondary N) is 1. The maximum Gasteiger partial charge on any atom is 0.309 e. The summed E-state index contributed by atoms with van der Waals surface area (Å²) in [5.41, 5.74) is -0.950. The zero-order chi connectivity index (χ0) is 40.1. The quantitative estimate of drug-likeness (QED) is 0.0617. The van der Waals surface area contributed by atoms with E-state index in [9.17, 15) is 29.3 Å². The molecule has 298 valence electrons. The molecule has 13 heteroatoms. The predicted molar refractivity (Wildman–Crippen MR) is 197 cm³/mol. The number of carbonyl (C=O) groups is 3. The Morgan fingerprint density at radius 2 is 1.91 bits per heavy atom. The number of cyclic esters (lactones) is 1. The number of epoxide rings is 1. The van der Waals surface area contributed by atoms with Gasteiger partial charge in [0.05, 0.1) is 36.4 Å². The minimum atomic E-state index is -1.47. The largest absolute Gasteiger partial charge is 0.483 e. The summed E-state index contributed by atoms with van der Waals surface area (Å²) < 4.78 is 37.4. The molecule has 0 radical (unpaired) electrons. The van der Waals surface area contributed by atoms with E-state index in [0.29, 0.717) is 17.7 Å². The van der Waals surface area contributed by atoms with Crippen molar-refractivity contribution in [1.29, 1.82) is 0 Å². The number of esters is 2. The van der Waals surface area contributed by atoms with Crippen molar-refractivity contribution in [3.8, 4) is 0 Å². The van der Waals surface area contributed by atoms with Crippen LogP contribution < -0.4 is 5.32 Å². The van der Waals surface area contributed by atoms with Crippen LogP contribution in [0, 0.1) is 24.6 Å². The highest BCUT2D eigenvalue weighted by molar-refractivity contribution is 5.70. The van der Waals surface area contributed by atoms with Crippen LogP contribution in [0.3, 0.4) is 0 Å².